The van der Waals surface area contributed by atoms with Crippen molar-refractivity contribution in [1.82, 2.24) is 9.88 Å². The van der Waals surface area contributed by atoms with Crippen LogP contribution in [0.5, 0.6) is 0 Å². The van der Waals surface area contributed by atoms with Crippen molar-refractivity contribution in [2.45, 2.75) is 39.0 Å². The van der Waals surface area contributed by atoms with Gasteiger partial charge in [0.2, 0.25) is 0 Å². The summed E-state index contributed by atoms with van der Waals surface area (Å²) < 4.78 is 0. The molecule has 1 N–H and O–H groups in total. The fourth-order valence-electron chi connectivity index (χ4n) is 3.63. The highest BCUT2D eigenvalue weighted by atomic mass is 16.3. The van der Waals surface area contributed by atoms with Gasteiger partial charge in [-0.15, -0.1) is 0 Å². The molecule has 1 aliphatic carbocycles. The lowest BCUT2D eigenvalue weighted by atomic mass is 9.70. The molecular formula is C17H28N2O. The van der Waals surface area contributed by atoms with E-state index in [-0.39, 0.29) is 5.41 Å². The molecule has 112 valence electrons. The Labute approximate surface area is 123 Å². The average molecular weight is 276 g/mol. The van der Waals surface area contributed by atoms with E-state index < -0.39 is 0 Å². The van der Waals surface area contributed by atoms with Crippen molar-refractivity contribution < 1.29 is 5.11 Å². The molecule has 1 saturated carbocycles. The molecule has 20 heavy (non-hydrogen) atoms. The maximum absolute atomic E-state index is 9.86. The second kappa shape index (κ2) is 7.19. The van der Waals surface area contributed by atoms with E-state index in [9.17, 15) is 5.11 Å². The lowest BCUT2D eigenvalue weighted by Gasteiger charge is -2.41. The van der Waals surface area contributed by atoms with E-state index in [4.69, 9.17) is 0 Å². The standard InChI is InChI=1S/C17H28N2O/c1-15-4-3-8-17(12-15,14-20)13-19(2)11-7-16-5-9-18-10-6-16/h5-6,9-10,15,20H,3-4,7-8,11-14H2,1-2H3. The first-order valence-corrected chi connectivity index (χ1v) is 7.82. The number of aliphatic hydroxyl groups is 1. The lowest BCUT2D eigenvalue weighted by Crippen LogP contribution is -2.42. The second-order valence-corrected chi connectivity index (χ2v) is 6.70. The number of rotatable bonds is 6. The van der Waals surface area contributed by atoms with Crippen LogP contribution in [0.2, 0.25) is 0 Å². The molecule has 0 saturated heterocycles. The van der Waals surface area contributed by atoms with Crippen LogP contribution in [0, 0.1) is 11.3 Å². The van der Waals surface area contributed by atoms with E-state index in [0.29, 0.717) is 6.61 Å². The normalized spacial score (nSPS) is 26.9. The van der Waals surface area contributed by atoms with Crippen molar-refractivity contribution in [1.29, 1.82) is 0 Å². The zero-order chi connectivity index (χ0) is 14.4. The zero-order valence-corrected chi connectivity index (χ0v) is 12.9. The average Bonchev–Trinajstić information content (AvgIpc) is 2.46. The molecule has 0 aromatic carbocycles. The first kappa shape index (κ1) is 15.5. The van der Waals surface area contributed by atoms with Gasteiger partial charge in [-0.3, -0.25) is 4.98 Å². The van der Waals surface area contributed by atoms with E-state index in [2.05, 4.69) is 36.0 Å². The molecule has 1 aromatic heterocycles. The molecule has 0 bridgehead atoms. The minimum absolute atomic E-state index is 0.130. The van der Waals surface area contributed by atoms with Crippen LogP contribution in [-0.4, -0.2) is 41.7 Å². The quantitative estimate of drug-likeness (QED) is 0.868. The van der Waals surface area contributed by atoms with Crippen LogP contribution in [0.1, 0.15) is 38.2 Å². The highest BCUT2D eigenvalue weighted by molar-refractivity contribution is 5.09. The third-order valence-corrected chi connectivity index (χ3v) is 4.66. The van der Waals surface area contributed by atoms with Gasteiger partial charge in [-0.05, 0) is 49.9 Å². The zero-order valence-electron chi connectivity index (χ0n) is 12.9. The molecule has 0 aliphatic heterocycles. The fraction of sp³-hybridized carbons (Fsp3) is 0.706. The Kier molecular flexibility index (Phi) is 5.55. The SMILES string of the molecule is CC1CCCC(CO)(CN(C)CCc2ccncc2)C1. The van der Waals surface area contributed by atoms with Gasteiger partial charge in [0.15, 0.2) is 0 Å². The van der Waals surface area contributed by atoms with E-state index in [1.165, 1.54) is 31.2 Å². The van der Waals surface area contributed by atoms with Crippen molar-refractivity contribution >= 4 is 0 Å². The molecule has 0 spiro atoms. The summed E-state index contributed by atoms with van der Waals surface area (Å²) in [6.45, 7) is 4.70. The van der Waals surface area contributed by atoms with Crippen molar-refractivity contribution in [3.63, 3.8) is 0 Å². The Balaban J connectivity index is 1.84. The van der Waals surface area contributed by atoms with Gasteiger partial charge in [-0.1, -0.05) is 19.8 Å². The Morgan fingerprint density at radius 3 is 2.80 bits per heavy atom. The van der Waals surface area contributed by atoms with Crippen LogP contribution in [0.15, 0.2) is 24.5 Å². The van der Waals surface area contributed by atoms with E-state index in [1.807, 2.05) is 12.4 Å². The number of aliphatic hydroxyl groups excluding tert-OH is 1. The summed E-state index contributed by atoms with van der Waals surface area (Å²) in [7, 11) is 2.18. The summed E-state index contributed by atoms with van der Waals surface area (Å²) in [5.74, 6) is 0.754. The van der Waals surface area contributed by atoms with Crippen LogP contribution in [0.3, 0.4) is 0 Å². The number of aromatic nitrogens is 1. The maximum Gasteiger partial charge on any atom is 0.0499 e. The van der Waals surface area contributed by atoms with Gasteiger partial charge in [0.25, 0.3) is 0 Å². The molecule has 1 aliphatic rings. The highest BCUT2D eigenvalue weighted by Gasteiger charge is 2.35. The Hall–Kier alpha value is -0.930. The predicted octanol–water partition coefficient (Wildman–Crippen LogP) is 2.74. The van der Waals surface area contributed by atoms with Gasteiger partial charge in [-0.25, -0.2) is 0 Å². The lowest BCUT2D eigenvalue weighted by molar-refractivity contribution is 0.0312. The summed E-state index contributed by atoms with van der Waals surface area (Å²) in [5, 5.41) is 9.86. The van der Waals surface area contributed by atoms with E-state index >= 15 is 0 Å². The molecule has 0 amide bonds. The minimum atomic E-state index is 0.130. The highest BCUT2D eigenvalue weighted by Crippen LogP contribution is 2.39. The fourth-order valence-corrected chi connectivity index (χ4v) is 3.63. The number of hydrogen-bond acceptors (Lipinski definition) is 3. The monoisotopic (exact) mass is 276 g/mol. The molecule has 1 aromatic rings. The molecule has 2 unspecified atom stereocenters. The van der Waals surface area contributed by atoms with Crippen molar-refractivity contribution in [2.24, 2.45) is 11.3 Å². The van der Waals surface area contributed by atoms with Crippen LogP contribution in [-0.2, 0) is 6.42 Å². The summed E-state index contributed by atoms with van der Waals surface area (Å²) >= 11 is 0. The molecule has 1 heterocycles. The van der Waals surface area contributed by atoms with Crippen LogP contribution >= 0.6 is 0 Å². The van der Waals surface area contributed by atoms with Crippen molar-refractivity contribution in [2.75, 3.05) is 26.7 Å². The van der Waals surface area contributed by atoms with Crippen molar-refractivity contribution in [3.05, 3.63) is 30.1 Å². The third-order valence-electron chi connectivity index (χ3n) is 4.66. The summed E-state index contributed by atoms with van der Waals surface area (Å²) in [4.78, 5) is 6.44. The van der Waals surface area contributed by atoms with E-state index in [0.717, 1.165) is 25.4 Å². The summed E-state index contributed by atoms with van der Waals surface area (Å²) in [6.07, 6.45) is 9.69. The molecule has 3 nitrogen and oxygen atoms in total. The predicted molar refractivity (Wildman–Crippen MR) is 82.6 cm³/mol. The molecule has 0 radical (unpaired) electrons. The van der Waals surface area contributed by atoms with E-state index in [1.54, 1.807) is 0 Å². The number of likely N-dealkylation sites (N-methyl/N-ethyl adjacent to an activating group) is 1. The molecule has 3 heteroatoms. The first-order valence-electron chi connectivity index (χ1n) is 7.82. The molecule has 2 atom stereocenters. The minimum Gasteiger partial charge on any atom is -0.396 e. The Morgan fingerprint density at radius 2 is 2.15 bits per heavy atom. The maximum atomic E-state index is 9.86. The topological polar surface area (TPSA) is 36.4 Å². The Bertz CT molecular complexity index is 395. The van der Waals surface area contributed by atoms with Crippen LogP contribution in [0.25, 0.3) is 0 Å². The number of hydrogen-bond donors (Lipinski definition) is 1. The molecular weight excluding hydrogens is 248 g/mol. The third kappa shape index (κ3) is 4.29. The summed E-state index contributed by atoms with van der Waals surface area (Å²) in [6, 6.07) is 4.16. The second-order valence-electron chi connectivity index (χ2n) is 6.70. The van der Waals surface area contributed by atoms with Gasteiger partial charge in [0.1, 0.15) is 0 Å². The Morgan fingerprint density at radius 1 is 1.40 bits per heavy atom. The van der Waals surface area contributed by atoms with Crippen LogP contribution in [0.4, 0.5) is 0 Å². The number of nitrogens with zero attached hydrogens (tertiary/aromatic N) is 2. The first-order chi connectivity index (χ1) is 9.63. The largest absolute Gasteiger partial charge is 0.396 e. The van der Waals surface area contributed by atoms with Crippen molar-refractivity contribution in [3.8, 4) is 0 Å². The van der Waals surface area contributed by atoms with Gasteiger partial charge in [-0.2, -0.15) is 0 Å². The van der Waals surface area contributed by atoms with Gasteiger partial charge in [0.05, 0.1) is 0 Å². The molecule has 1 fully saturated rings. The number of pyridine rings is 1. The van der Waals surface area contributed by atoms with Gasteiger partial charge < -0.3 is 10.0 Å². The van der Waals surface area contributed by atoms with Gasteiger partial charge >= 0.3 is 0 Å². The van der Waals surface area contributed by atoms with Crippen LogP contribution < -0.4 is 0 Å². The summed E-state index contributed by atoms with van der Waals surface area (Å²) in [5.41, 5.74) is 1.46. The van der Waals surface area contributed by atoms with Gasteiger partial charge in [0, 0.05) is 37.5 Å². The smallest absolute Gasteiger partial charge is 0.0499 e. The molecule has 2 rings (SSSR count).